The van der Waals surface area contributed by atoms with Crippen molar-refractivity contribution >= 4 is 22.4 Å². The third-order valence-corrected chi connectivity index (χ3v) is 5.31. The van der Waals surface area contributed by atoms with Gasteiger partial charge in [-0.2, -0.15) is 0 Å². The molecule has 0 aliphatic heterocycles. The van der Waals surface area contributed by atoms with Crippen LogP contribution < -0.4 is 5.32 Å². The summed E-state index contributed by atoms with van der Waals surface area (Å²) in [4.78, 5) is 17.0. The van der Waals surface area contributed by atoms with E-state index in [1.807, 2.05) is 55.5 Å². The van der Waals surface area contributed by atoms with Crippen molar-refractivity contribution < 1.29 is 4.79 Å². The van der Waals surface area contributed by atoms with Crippen molar-refractivity contribution in [1.82, 2.24) is 25.0 Å². The summed E-state index contributed by atoms with van der Waals surface area (Å²) >= 11 is 1.31. The number of nitrogens with one attached hydrogen (secondary N) is 1. The first-order chi connectivity index (χ1) is 14.0. The molecule has 0 aliphatic carbocycles. The first-order valence-corrected chi connectivity index (χ1v) is 10.1. The molecule has 2 aromatic carbocycles. The molecule has 0 atom stereocenters. The quantitative estimate of drug-likeness (QED) is 0.530. The number of benzene rings is 2. The molecule has 29 heavy (non-hydrogen) atoms. The number of aromatic nitrogens is 5. The zero-order valence-electron chi connectivity index (χ0n) is 16.3. The molecule has 0 radical (unpaired) electrons. The maximum absolute atomic E-state index is 12.7. The van der Waals surface area contributed by atoms with Crippen LogP contribution in [0.5, 0.6) is 0 Å². The lowest BCUT2D eigenvalue weighted by atomic mass is 10.0. The zero-order chi connectivity index (χ0) is 20.4. The minimum Gasteiger partial charge on any atom is -0.294 e. The van der Waals surface area contributed by atoms with Crippen LogP contribution in [-0.2, 0) is 0 Å². The Morgan fingerprint density at radius 2 is 1.76 bits per heavy atom. The van der Waals surface area contributed by atoms with Gasteiger partial charge in [0.1, 0.15) is 10.8 Å². The molecule has 1 amide bonds. The monoisotopic (exact) mass is 404 g/mol. The van der Waals surface area contributed by atoms with E-state index in [-0.39, 0.29) is 5.82 Å². The van der Waals surface area contributed by atoms with E-state index in [9.17, 15) is 4.79 Å². The standard InChI is InChI=1S/C21H20N6OS/c1-13(2)16-11-7-8-12-17(16)27-14(3)22-18(26-27)19(28)23-21-25-24-20(29-21)15-9-5-4-6-10-15/h4-13H,1-3H3,(H,23,25,28). The van der Waals surface area contributed by atoms with Crippen LogP contribution in [0.25, 0.3) is 16.3 Å². The maximum atomic E-state index is 12.7. The normalized spacial score (nSPS) is 11.0. The van der Waals surface area contributed by atoms with Crippen molar-refractivity contribution in [2.45, 2.75) is 26.7 Å². The van der Waals surface area contributed by atoms with Gasteiger partial charge < -0.3 is 0 Å². The second-order valence-corrected chi connectivity index (χ2v) is 7.82. The summed E-state index contributed by atoms with van der Waals surface area (Å²) < 4.78 is 1.71. The molecular formula is C21H20N6OS. The van der Waals surface area contributed by atoms with E-state index in [1.54, 1.807) is 4.68 Å². The van der Waals surface area contributed by atoms with Crippen molar-refractivity contribution in [3.63, 3.8) is 0 Å². The van der Waals surface area contributed by atoms with E-state index in [4.69, 9.17) is 0 Å². The van der Waals surface area contributed by atoms with Crippen LogP contribution in [-0.4, -0.2) is 30.9 Å². The molecule has 0 unspecified atom stereocenters. The van der Waals surface area contributed by atoms with Crippen molar-refractivity contribution in [2.75, 3.05) is 5.32 Å². The number of nitrogens with zero attached hydrogens (tertiary/aromatic N) is 5. The van der Waals surface area contributed by atoms with Crippen molar-refractivity contribution in [2.24, 2.45) is 0 Å². The molecule has 0 bridgehead atoms. The van der Waals surface area contributed by atoms with Gasteiger partial charge in [-0.1, -0.05) is 73.7 Å². The van der Waals surface area contributed by atoms with Crippen LogP contribution in [0.15, 0.2) is 54.6 Å². The van der Waals surface area contributed by atoms with E-state index in [2.05, 4.69) is 45.5 Å². The van der Waals surface area contributed by atoms with E-state index < -0.39 is 5.91 Å². The molecule has 0 saturated carbocycles. The molecule has 0 fully saturated rings. The zero-order valence-corrected chi connectivity index (χ0v) is 17.1. The van der Waals surface area contributed by atoms with Gasteiger partial charge in [0.05, 0.1) is 5.69 Å². The molecular weight excluding hydrogens is 384 g/mol. The number of hydrogen-bond acceptors (Lipinski definition) is 6. The van der Waals surface area contributed by atoms with Gasteiger partial charge in [-0.25, -0.2) is 9.67 Å². The van der Waals surface area contributed by atoms with Gasteiger partial charge in [-0.3, -0.25) is 10.1 Å². The van der Waals surface area contributed by atoms with Gasteiger partial charge in [-0.15, -0.1) is 15.3 Å². The molecule has 1 N–H and O–H groups in total. The smallest absolute Gasteiger partial charge is 0.294 e. The SMILES string of the molecule is Cc1nc(C(=O)Nc2nnc(-c3ccccc3)s2)nn1-c1ccccc1C(C)C. The van der Waals surface area contributed by atoms with Crippen LogP contribution in [0.4, 0.5) is 5.13 Å². The van der Waals surface area contributed by atoms with Gasteiger partial charge in [0, 0.05) is 5.56 Å². The number of rotatable bonds is 5. The Kier molecular flexibility index (Phi) is 5.18. The van der Waals surface area contributed by atoms with Crippen LogP contribution in [0.2, 0.25) is 0 Å². The summed E-state index contributed by atoms with van der Waals surface area (Å²) in [5.74, 6) is 0.650. The van der Waals surface area contributed by atoms with Crippen molar-refractivity contribution in [1.29, 1.82) is 0 Å². The molecule has 0 aliphatic rings. The average Bonchev–Trinajstić information content (AvgIpc) is 3.35. The first-order valence-electron chi connectivity index (χ1n) is 9.26. The maximum Gasteiger partial charge on any atom is 0.297 e. The lowest BCUT2D eigenvalue weighted by Crippen LogP contribution is -2.14. The second-order valence-electron chi connectivity index (χ2n) is 6.84. The Labute approximate surface area is 172 Å². The van der Waals surface area contributed by atoms with Gasteiger partial charge in [-0.05, 0) is 24.5 Å². The summed E-state index contributed by atoms with van der Waals surface area (Å²) in [6.07, 6.45) is 0. The molecule has 4 rings (SSSR count). The highest BCUT2D eigenvalue weighted by Crippen LogP contribution is 2.26. The third kappa shape index (κ3) is 3.93. The Morgan fingerprint density at radius 1 is 1.03 bits per heavy atom. The van der Waals surface area contributed by atoms with Gasteiger partial charge in [0.15, 0.2) is 0 Å². The number of carbonyl (C=O) groups is 1. The van der Waals surface area contributed by atoms with Crippen molar-refractivity contribution in [3.05, 3.63) is 71.8 Å². The lowest BCUT2D eigenvalue weighted by Gasteiger charge is -2.12. The highest BCUT2D eigenvalue weighted by molar-refractivity contribution is 7.18. The molecule has 2 aromatic heterocycles. The summed E-state index contributed by atoms with van der Waals surface area (Å²) in [6, 6.07) is 17.7. The fourth-order valence-corrected chi connectivity index (χ4v) is 3.75. The minimum absolute atomic E-state index is 0.0949. The second kappa shape index (κ2) is 7.92. The number of hydrogen-bond donors (Lipinski definition) is 1. The Balaban J connectivity index is 1.57. The Hall–Kier alpha value is -3.39. The van der Waals surface area contributed by atoms with Crippen LogP contribution in [0.1, 0.15) is 41.8 Å². The van der Waals surface area contributed by atoms with E-state index >= 15 is 0 Å². The van der Waals surface area contributed by atoms with Crippen LogP contribution in [0.3, 0.4) is 0 Å². The van der Waals surface area contributed by atoms with Gasteiger partial charge in [0.25, 0.3) is 5.91 Å². The van der Waals surface area contributed by atoms with E-state index in [0.29, 0.717) is 16.9 Å². The number of para-hydroxylation sites is 1. The molecule has 4 aromatic rings. The lowest BCUT2D eigenvalue weighted by molar-refractivity contribution is 0.101. The molecule has 2 heterocycles. The number of aryl methyl sites for hydroxylation is 1. The van der Waals surface area contributed by atoms with Gasteiger partial charge >= 0.3 is 0 Å². The predicted octanol–water partition coefficient (Wildman–Crippen LogP) is 4.47. The summed E-state index contributed by atoms with van der Waals surface area (Å²) in [6.45, 7) is 6.08. The average molecular weight is 404 g/mol. The minimum atomic E-state index is -0.412. The molecule has 8 heteroatoms. The first kappa shape index (κ1) is 18.9. The largest absolute Gasteiger partial charge is 0.297 e. The van der Waals surface area contributed by atoms with Gasteiger partial charge in [0.2, 0.25) is 11.0 Å². The number of carbonyl (C=O) groups excluding carboxylic acids is 1. The molecule has 7 nitrogen and oxygen atoms in total. The topological polar surface area (TPSA) is 85.6 Å². The molecule has 0 saturated heterocycles. The fourth-order valence-electron chi connectivity index (χ4n) is 3.01. The van der Waals surface area contributed by atoms with Crippen LogP contribution in [0, 0.1) is 6.92 Å². The number of anilines is 1. The highest BCUT2D eigenvalue weighted by Gasteiger charge is 2.19. The summed E-state index contributed by atoms with van der Waals surface area (Å²) in [7, 11) is 0. The third-order valence-electron chi connectivity index (χ3n) is 4.43. The van der Waals surface area contributed by atoms with E-state index in [1.165, 1.54) is 11.3 Å². The highest BCUT2D eigenvalue weighted by atomic mass is 32.1. The van der Waals surface area contributed by atoms with E-state index in [0.717, 1.165) is 21.8 Å². The molecule has 0 spiro atoms. The summed E-state index contributed by atoms with van der Waals surface area (Å²) in [5.41, 5.74) is 3.02. The predicted molar refractivity (Wildman–Crippen MR) is 113 cm³/mol. The molecule has 146 valence electrons. The van der Waals surface area contributed by atoms with Crippen LogP contribution >= 0.6 is 11.3 Å². The van der Waals surface area contributed by atoms with Crippen molar-refractivity contribution in [3.8, 4) is 16.3 Å². The Morgan fingerprint density at radius 3 is 2.52 bits per heavy atom. The summed E-state index contributed by atoms with van der Waals surface area (Å²) in [5, 5.41) is 16.5. The fraction of sp³-hybridized carbons (Fsp3) is 0.190. The Bertz CT molecular complexity index is 1150. The number of amides is 1.